The molecule has 3 rings (SSSR count). The van der Waals surface area contributed by atoms with Crippen molar-refractivity contribution in [2.45, 2.75) is 18.2 Å². The number of nitrogens with one attached hydrogen (secondary N) is 1. The molecular weight excluding hydrogens is 339 g/mol. The van der Waals surface area contributed by atoms with Crippen molar-refractivity contribution >= 4 is 17.7 Å². The molecule has 3 aromatic rings. The van der Waals surface area contributed by atoms with Gasteiger partial charge in [0.1, 0.15) is 5.82 Å². The summed E-state index contributed by atoms with van der Waals surface area (Å²) in [4.78, 5) is 16.2. The van der Waals surface area contributed by atoms with Crippen LogP contribution in [0.3, 0.4) is 0 Å². The highest BCUT2D eigenvalue weighted by Crippen LogP contribution is 2.25. The van der Waals surface area contributed by atoms with Crippen molar-refractivity contribution in [1.29, 1.82) is 0 Å². The molecule has 1 aromatic heterocycles. The van der Waals surface area contributed by atoms with Gasteiger partial charge in [-0.3, -0.25) is 4.79 Å². The second-order valence-electron chi connectivity index (χ2n) is 5.49. The summed E-state index contributed by atoms with van der Waals surface area (Å²) in [7, 11) is 0. The summed E-state index contributed by atoms with van der Waals surface area (Å²) in [6, 6.07) is 15.7. The van der Waals surface area contributed by atoms with Gasteiger partial charge in [0.05, 0.1) is 18.0 Å². The van der Waals surface area contributed by atoms with Gasteiger partial charge in [-0.1, -0.05) is 42.1 Å². The zero-order valence-corrected chi connectivity index (χ0v) is 14.4. The molecule has 0 aliphatic rings. The number of rotatable bonds is 6. The minimum Gasteiger partial charge on any atom is -0.431 e. The molecule has 0 radical (unpaired) electrons. The number of benzene rings is 2. The molecule has 1 unspecified atom stereocenters. The smallest absolute Gasteiger partial charge is 0.256 e. The fourth-order valence-electron chi connectivity index (χ4n) is 2.31. The molecule has 0 spiro atoms. The lowest BCUT2D eigenvalue weighted by molar-refractivity contribution is -0.119. The van der Waals surface area contributed by atoms with E-state index in [-0.39, 0.29) is 23.5 Å². The van der Waals surface area contributed by atoms with Crippen molar-refractivity contribution in [1.82, 2.24) is 10.3 Å². The van der Waals surface area contributed by atoms with Crippen molar-refractivity contribution in [2.24, 2.45) is 0 Å². The number of hydrogen-bond donors (Lipinski definition) is 1. The first kappa shape index (κ1) is 17.2. The number of oxazole rings is 1. The van der Waals surface area contributed by atoms with Crippen LogP contribution in [0.5, 0.6) is 0 Å². The van der Waals surface area contributed by atoms with Gasteiger partial charge in [0.15, 0.2) is 5.76 Å². The Kier molecular flexibility index (Phi) is 5.50. The van der Waals surface area contributed by atoms with Crippen LogP contribution in [0, 0.1) is 5.82 Å². The number of nitrogens with zero attached hydrogens (tertiary/aromatic N) is 1. The molecule has 6 heteroatoms. The van der Waals surface area contributed by atoms with E-state index in [1.165, 1.54) is 23.9 Å². The Morgan fingerprint density at radius 2 is 1.92 bits per heavy atom. The Bertz CT molecular complexity index is 834. The van der Waals surface area contributed by atoms with Crippen LogP contribution in [0.15, 0.2) is 70.4 Å². The van der Waals surface area contributed by atoms with Crippen molar-refractivity contribution in [3.8, 4) is 11.3 Å². The summed E-state index contributed by atoms with van der Waals surface area (Å²) in [5.74, 6) is 0.353. The lowest BCUT2D eigenvalue weighted by Gasteiger charge is -2.13. The maximum absolute atomic E-state index is 12.9. The number of aromatic nitrogens is 1. The topological polar surface area (TPSA) is 55.1 Å². The van der Waals surface area contributed by atoms with Crippen molar-refractivity contribution in [2.75, 3.05) is 5.75 Å². The monoisotopic (exact) mass is 356 g/mol. The average molecular weight is 356 g/mol. The van der Waals surface area contributed by atoms with Crippen molar-refractivity contribution < 1.29 is 13.6 Å². The molecule has 0 bridgehead atoms. The maximum Gasteiger partial charge on any atom is 0.256 e. The van der Waals surface area contributed by atoms with Crippen LogP contribution in [0.4, 0.5) is 4.39 Å². The Hall–Kier alpha value is -2.60. The van der Waals surface area contributed by atoms with Gasteiger partial charge >= 0.3 is 0 Å². The molecule has 1 N–H and O–H groups in total. The van der Waals surface area contributed by atoms with Crippen LogP contribution in [-0.2, 0) is 4.79 Å². The lowest BCUT2D eigenvalue weighted by Crippen LogP contribution is -2.28. The first-order valence-electron chi connectivity index (χ1n) is 7.80. The van der Waals surface area contributed by atoms with Gasteiger partial charge in [0.2, 0.25) is 5.91 Å². The van der Waals surface area contributed by atoms with Crippen LogP contribution in [0.1, 0.15) is 18.5 Å². The number of hydrogen-bond acceptors (Lipinski definition) is 4. The Morgan fingerprint density at radius 3 is 2.64 bits per heavy atom. The maximum atomic E-state index is 12.9. The first-order valence-corrected chi connectivity index (χ1v) is 8.79. The van der Waals surface area contributed by atoms with E-state index in [4.69, 9.17) is 4.42 Å². The average Bonchev–Trinajstić information content (AvgIpc) is 3.10. The fourth-order valence-corrected chi connectivity index (χ4v) is 2.92. The molecule has 0 fully saturated rings. The van der Waals surface area contributed by atoms with Gasteiger partial charge in [-0.2, -0.15) is 0 Å². The zero-order chi connectivity index (χ0) is 17.6. The van der Waals surface area contributed by atoms with E-state index in [1.807, 2.05) is 37.3 Å². The zero-order valence-electron chi connectivity index (χ0n) is 13.6. The highest BCUT2D eigenvalue weighted by molar-refractivity contribution is 7.99. The van der Waals surface area contributed by atoms with Crippen LogP contribution in [0.25, 0.3) is 11.3 Å². The number of carbonyl (C=O) groups is 1. The predicted molar refractivity (Wildman–Crippen MR) is 95.6 cm³/mol. The number of halogens is 1. The molecule has 25 heavy (non-hydrogen) atoms. The molecule has 128 valence electrons. The highest BCUT2D eigenvalue weighted by atomic mass is 32.2. The van der Waals surface area contributed by atoms with Crippen LogP contribution >= 0.6 is 11.8 Å². The molecule has 1 atom stereocenters. The van der Waals surface area contributed by atoms with E-state index in [1.54, 1.807) is 18.3 Å². The SMILES string of the molecule is CC(NC(=O)CSc1ncc(-c2ccc(F)cc2)o1)c1ccccc1. The third-order valence-corrected chi connectivity index (χ3v) is 4.46. The molecule has 0 saturated heterocycles. The minimum atomic E-state index is -0.304. The van der Waals surface area contributed by atoms with Gasteiger partial charge in [0, 0.05) is 5.56 Å². The predicted octanol–water partition coefficient (Wildman–Crippen LogP) is 4.45. The second-order valence-corrected chi connectivity index (χ2v) is 6.41. The second kappa shape index (κ2) is 7.98. The third-order valence-electron chi connectivity index (χ3n) is 3.62. The van der Waals surface area contributed by atoms with Gasteiger partial charge in [-0.15, -0.1) is 0 Å². The molecule has 0 saturated carbocycles. The van der Waals surface area contributed by atoms with Crippen LogP contribution < -0.4 is 5.32 Å². The first-order chi connectivity index (χ1) is 12.1. The van der Waals surface area contributed by atoms with Gasteiger partial charge < -0.3 is 9.73 Å². The van der Waals surface area contributed by atoms with Crippen molar-refractivity contribution in [3.63, 3.8) is 0 Å². The van der Waals surface area contributed by atoms with E-state index >= 15 is 0 Å². The van der Waals surface area contributed by atoms with Gasteiger partial charge in [-0.05, 0) is 36.8 Å². The van der Waals surface area contributed by atoms with Crippen molar-refractivity contribution in [3.05, 3.63) is 72.2 Å². The summed E-state index contributed by atoms with van der Waals surface area (Å²) in [6.45, 7) is 1.94. The van der Waals surface area contributed by atoms with Crippen LogP contribution in [0.2, 0.25) is 0 Å². The van der Waals surface area contributed by atoms with Crippen LogP contribution in [-0.4, -0.2) is 16.6 Å². The molecule has 0 aliphatic carbocycles. The van der Waals surface area contributed by atoms with E-state index < -0.39 is 0 Å². The van der Waals surface area contributed by atoms with E-state index in [0.717, 1.165) is 11.1 Å². The number of thioether (sulfide) groups is 1. The molecule has 0 aliphatic heterocycles. The Morgan fingerprint density at radius 1 is 1.20 bits per heavy atom. The Balaban J connectivity index is 1.53. The number of amides is 1. The largest absolute Gasteiger partial charge is 0.431 e. The molecular formula is C19H17FN2O2S. The summed E-state index contributed by atoms with van der Waals surface area (Å²) >= 11 is 1.22. The van der Waals surface area contributed by atoms with Gasteiger partial charge in [0.25, 0.3) is 5.22 Å². The fraction of sp³-hybridized carbons (Fsp3) is 0.158. The quantitative estimate of drug-likeness (QED) is 0.663. The molecule has 1 amide bonds. The molecule has 2 aromatic carbocycles. The summed E-state index contributed by atoms with van der Waals surface area (Å²) in [6.07, 6.45) is 1.57. The standard InChI is InChI=1S/C19H17FN2O2S/c1-13(14-5-3-2-4-6-14)22-18(23)12-25-19-21-11-17(24-19)15-7-9-16(20)10-8-15/h2-11,13H,12H2,1H3,(H,22,23). The minimum absolute atomic E-state index is 0.0614. The highest BCUT2D eigenvalue weighted by Gasteiger charge is 2.12. The summed E-state index contributed by atoms with van der Waals surface area (Å²) < 4.78 is 18.5. The van der Waals surface area contributed by atoms with E-state index in [9.17, 15) is 9.18 Å². The summed E-state index contributed by atoms with van der Waals surface area (Å²) in [5, 5.41) is 3.34. The Labute approximate surface area is 149 Å². The third kappa shape index (κ3) is 4.70. The van der Waals surface area contributed by atoms with E-state index in [0.29, 0.717) is 11.0 Å². The lowest BCUT2D eigenvalue weighted by atomic mass is 10.1. The normalized spacial score (nSPS) is 11.9. The molecule has 4 nitrogen and oxygen atoms in total. The molecule has 1 heterocycles. The summed E-state index contributed by atoms with van der Waals surface area (Å²) in [5.41, 5.74) is 1.79. The van der Waals surface area contributed by atoms with E-state index in [2.05, 4.69) is 10.3 Å². The number of carbonyl (C=O) groups excluding carboxylic acids is 1. The van der Waals surface area contributed by atoms with Gasteiger partial charge in [-0.25, -0.2) is 9.37 Å².